The maximum atomic E-state index is 11.8. The minimum atomic E-state index is -0.0429. The number of methoxy groups -OCH3 is 1. The lowest BCUT2D eigenvalue weighted by Gasteiger charge is -2.54. The number of hydrogen-bond acceptors (Lipinski definition) is 4. The molecule has 0 aromatic carbocycles. The molecule has 1 N–H and O–H groups in total. The van der Waals surface area contributed by atoms with E-state index in [0.717, 1.165) is 25.9 Å². The third-order valence-electron chi connectivity index (χ3n) is 5.47. The van der Waals surface area contributed by atoms with Crippen LogP contribution in [0.4, 0.5) is 0 Å². The molecule has 2 unspecified atom stereocenters. The van der Waals surface area contributed by atoms with Crippen molar-refractivity contribution in [1.29, 1.82) is 0 Å². The Hall–Kier alpha value is -0.320. The Morgan fingerprint density at radius 3 is 2.36 bits per heavy atom. The van der Waals surface area contributed by atoms with E-state index >= 15 is 0 Å². The van der Waals surface area contributed by atoms with Crippen molar-refractivity contribution in [2.45, 2.75) is 76.9 Å². The summed E-state index contributed by atoms with van der Waals surface area (Å²) in [6.45, 7) is 11.4. The number of hydrogen-bond donors (Lipinski definition) is 1. The van der Waals surface area contributed by atoms with Crippen molar-refractivity contribution in [2.24, 2.45) is 5.92 Å². The van der Waals surface area contributed by atoms with Gasteiger partial charge in [-0.25, -0.2) is 0 Å². The topological polar surface area (TPSA) is 41.6 Å². The summed E-state index contributed by atoms with van der Waals surface area (Å²) < 4.78 is 4.93. The molecule has 5 heteroatoms. The molecule has 4 nitrogen and oxygen atoms in total. The van der Waals surface area contributed by atoms with E-state index in [0.29, 0.717) is 6.04 Å². The number of piperidine rings is 2. The standard InChI is InChI=1S/C17H32N2O2.ClH/c1-16(2)8-6-9-17(3,4)19(16)12-14-11-13(7-10-18-14)15(20)21-5;/h13-14,18H,6-12H2,1-5H3;1H. The van der Waals surface area contributed by atoms with Gasteiger partial charge in [0.05, 0.1) is 13.0 Å². The molecular formula is C17H33ClN2O2. The van der Waals surface area contributed by atoms with Crippen molar-refractivity contribution in [1.82, 2.24) is 10.2 Å². The highest BCUT2D eigenvalue weighted by Gasteiger charge is 2.42. The van der Waals surface area contributed by atoms with Gasteiger partial charge in [-0.05, 0) is 66.3 Å². The smallest absolute Gasteiger partial charge is 0.308 e. The molecule has 2 aliphatic heterocycles. The fraction of sp³-hybridized carbons (Fsp3) is 0.941. The molecule has 0 aromatic rings. The van der Waals surface area contributed by atoms with E-state index in [-0.39, 0.29) is 35.4 Å². The summed E-state index contributed by atoms with van der Waals surface area (Å²) >= 11 is 0. The van der Waals surface area contributed by atoms with Crippen molar-refractivity contribution in [3.63, 3.8) is 0 Å². The summed E-state index contributed by atoms with van der Waals surface area (Å²) in [5.41, 5.74) is 0.475. The predicted molar refractivity (Wildman–Crippen MR) is 92.5 cm³/mol. The SMILES string of the molecule is COC(=O)C1CCNC(CN2C(C)(C)CCCC2(C)C)C1.Cl. The number of esters is 1. The van der Waals surface area contributed by atoms with Gasteiger partial charge in [0.15, 0.2) is 0 Å². The van der Waals surface area contributed by atoms with Gasteiger partial charge in [0, 0.05) is 23.7 Å². The first-order valence-corrected chi connectivity index (χ1v) is 8.35. The van der Waals surface area contributed by atoms with E-state index in [1.165, 1.54) is 26.4 Å². The van der Waals surface area contributed by atoms with Crippen LogP contribution in [-0.2, 0) is 9.53 Å². The Labute approximate surface area is 141 Å². The van der Waals surface area contributed by atoms with Crippen LogP contribution < -0.4 is 5.32 Å². The quantitative estimate of drug-likeness (QED) is 0.807. The van der Waals surface area contributed by atoms with E-state index in [4.69, 9.17) is 4.74 Å². The molecule has 0 bridgehead atoms. The van der Waals surface area contributed by atoms with Gasteiger partial charge in [0.25, 0.3) is 0 Å². The van der Waals surface area contributed by atoms with Gasteiger partial charge in [-0.3, -0.25) is 9.69 Å². The molecule has 2 rings (SSSR count). The van der Waals surface area contributed by atoms with Crippen LogP contribution in [0, 0.1) is 5.92 Å². The van der Waals surface area contributed by atoms with E-state index in [1.54, 1.807) is 0 Å². The molecule has 2 atom stereocenters. The fourth-order valence-electron chi connectivity index (χ4n) is 4.28. The van der Waals surface area contributed by atoms with Crippen molar-refractivity contribution in [2.75, 3.05) is 20.2 Å². The molecule has 2 heterocycles. The lowest BCUT2D eigenvalue weighted by molar-refractivity contribution is -0.146. The van der Waals surface area contributed by atoms with Gasteiger partial charge in [0.1, 0.15) is 0 Å². The van der Waals surface area contributed by atoms with E-state index in [9.17, 15) is 4.79 Å². The summed E-state index contributed by atoms with van der Waals surface area (Å²) in [7, 11) is 1.50. The number of rotatable bonds is 3. The van der Waals surface area contributed by atoms with Crippen LogP contribution >= 0.6 is 12.4 Å². The number of ether oxygens (including phenoxy) is 1. The monoisotopic (exact) mass is 332 g/mol. The van der Waals surface area contributed by atoms with Crippen LogP contribution in [0.2, 0.25) is 0 Å². The number of carbonyl (C=O) groups excluding carboxylic acids is 1. The molecule has 0 saturated carbocycles. The van der Waals surface area contributed by atoms with Gasteiger partial charge in [-0.15, -0.1) is 12.4 Å². The van der Waals surface area contributed by atoms with Crippen LogP contribution in [0.5, 0.6) is 0 Å². The van der Waals surface area contributed by atoms with E-state index in [1.807, 2.05) is 0 Å². The van der Waals surface area contributed by atoms with Gasteiger partial charge in [-0.1, -0.05) is 0 Å². The van der Waals surface area contributed by atoms with Crippen molar-refractivity contribution < 1.29 is 9.53 Å². The lowest BCUT2D eigenvalue weighted by Crippen LogP contribution is -2.62. The molecule has 0 aliphatic carbocycles. The Kier molecular flexibility index (Phi) is 6.72. The molecule has 0 spiro atoms. The van der Waals surface area contributed by atoms with Gasteiger partial charge >= 0.3 is 5.97 Å². The molecular weight excluding hydrogens is 300 g/mol. The minimum absolute atomic E-state index is 0. The summed E-state index contributed by atoms with van der Waals surface area (Å²) in [5, 5.41) is 3.60. The van der Waals surface area contributed by atoms with E-state index in [2.05, 4.69) is 37.9 Å². The van der Waals surface area contributed by atoms with Crippen LogP contribution in [0.25, 0.3) is 0 Å². The Morgan fingerprint density at radius 1 is 1.23 bits per heavy atom. The number of carbonyl (C=O) groups is 1. The second-order valence-corrected chi connectivity index (χ2v) is 7.98. The Bertz CT molecular complexity index is 369. The number of likely N-dealkylation sites (tertiary alicyclic amines) is 1. The summed E-state index contributed by atoms with van der Waals surface area (Å²) in [5.74, 6) is 0.0240. The third kappa shape index (κ3) is 4.36. The van der Waals surface area contributed by atoms with Crippen LogP contribution in [0.1, 0.15) is 59.8 Å². The van der Waals surface area contributed by atoms with Crippen LogP contribution in [0.15, 0.2) is 0 Å². The third-order valence-corrected chi connectivity index (χ3v) is 5.47. The molecule has 2 aliphatic rings. The van der Waals surface area contributed by atoms with Crippen LogP contribution in [-0.4, -0.2) is 48.2 Å². The molecule has 2 fully saturated rings. The molecule has 130 valence electrons. The number of nitrogens with one attached hydrogen (secondary N) is 1. The predicted octanol–water partition coefficient (Wildman–Crippen LogP) is 2.99. The van der Waals surface area contributed by atoms with Gasteiger partial charge in [0.2, 0.25) is 0 Å². The van der Waals surface area contributed by atoms with Crippen LogP contribution in [0.3, 0.4) is 0 Å². The zero-order chi connectivity index (χ0) is 15.7. The average Bonchev–Trinajstić information content (AvgIpc) is 2.42. The first-order valence-electron chi connectivity index (χ1n) is 8.35. The highest BCUT2D eigenvalue weighted by Crippen LogP contribution is 2.38. The van der Waals surface area contributed by atoms with Gasteiger partial charge < -0.3 is 10.1 Å². The largest absolute Gasteiger partial charge is 0.469 e. The minimum Gasteiger partial charge on any atom is -0.469 e. The zero-order valence-corrected chi connectivity index (χ0v) is 15.6. The maximum absolute atomic E-state index is 11.8. The molecule has 0 amide bonds. The van der Waals surface area contributed by atoms with Gasteiger partial charge in [-0.2, -0.15) is 0 Å². The highest BCUT2D eigenvalue weighted by molar-refractivity contribution is 5.85. The first kappa shape index (κ1) is 19.7. The van der Waals surface area contributed by atoms with Crippen molar-refractivity contribution in [3.05, 3.63) is 0 Å². The second-order valence-electron chi connectivity index (χ2n) is 7.98. The van der Waals surface area contributed by atoms with E-state index < -0.39 is 0 Å². The first-order chi connectivity index (χ1) is 9.76. The summed E-state index contributed by atoms with van der Waals surface area (Å²) in [6, 6.07) is 0.388. The number of halogens is 1. The number of nitrogens with zero attached hydrogens (tertiary/aromatic N) is 1. The summed E-state index contributed by atoms with van der Waals surface area (Å²) in [4.78, 5) is 14.4. The fourth-order valence-corrected chi connectivity index (χ4v) is 4.28. The Balaban J connectivity index is 0.00000242. The molecule has 22 heavy (non-hydrogen) atoms. The van der Waals surface area contributed by atoms with Crippen molar-refractivity contribution in [3.8, 4) is 0 Å². The average molecular weight is 333 g/mol. The summed E-state index contributed by atoms with van der Waals surface area (Å²) in [6.07, 6.45) is 5.61. The molecule has 2 saturated heterocycles. The molecule has 0 aromatic heterocycles. The normalized spacial score (nSPS) is 31.1. The Morgan fingerprint density at radius 2 is 1.82 bits per heavy atom. The maximum Gasteiger partial charge on any atom is 0.308 e. The second kappa shape index (κ2) is 7.50. The van der Waals surface area contributed by atoms with Crippen molar-refractivity contribution >= 4 is 18.4 Å². The zero-order valence-electron chi connectivity index (χ0n) is 14.8. The highest BCUT2D eigenvalue weighted by atomic mass is 35.5. The molecule has 0 radical (unpaired) electrons. The lowest BCUT2D eigenvalue weighted by atomic mass is 9.79.